The van der Waals surface area contributed by atoms with E-state index in [9.17, 15) is 9.59 Å². The summed E-state index contributed by atoms with van der Waals surface area (Å²) in [6.45, 7) is 2.12. The van der Waals surface area contributed by atoms with Crippen LogP contribution in [-0.2, 0) is 13.0 Å². The van der Waals surface area contributed by atoms with Crippen LogP contribution in [0.15, 0.2) is 17.1 Å². The number of hydrogen-bond acceptors (Lipinski definition) is 6. The Kier molecular flexibility index (Phi) is 3.85. The van der Waals surface area contributed by atoms with Gasteiger partial charge in [-0.3, -0.25) is 9.59 Å². The lowest BCUT2D eigenvalue weighted by Crippen LogP contribution is -2.24. The molecule has 0 spiro atoms. The molecule has 0 amide bonds. The van der Waals surface area contributed by atoms with Crippen LogP contribution in [0, 0.1) is 0 Å². The highest BCUT2D eigenvalue weighted by atomic mass is 16.5. The minimum Gasteiger partial charge on any atom is -0.480 e. The summed E-state index contributed by atoms with van der Waals surface area (Å²) in [6, 6.07) is 1.77. The molecule has 7 nitrogen and oxygen atoms in total. The highest BCUT2D eigenvalue weighted by Gasteiger charge is 2.23. The van der Waals surface area contributed by atoms with Crippen molar-refractivity contribution in [1.29, 1.82) is 0 Å². The first-order valence-corrected chi connectivity index (χ1v) is 7.30. The van der Waals surface area contributed by atoms with Gasteiger partial charge in [-0.2, -0.15) is 4.98 Å². The van der Waals surface area contributed by atoms with Crippen LogP contribution in [0.2, 0.25) is 0 Å². The van der Waals surface area contributed by atoms with E-state index in [2.05, 4.69) is 9.97 Å². The second kappa shape index (κ2) is 5.83. The van der Waals surface area contributed by atoms with Crippen molar-refractivity contribution in [2.45, 2.75) is 26.3 Å². The monoisotopic (exact) mass is 315 g/mol. The van der Waals surface area contributed by atoms with E-state index in [1.807, 2.05) is 0 Å². The van der Waals surface area contributed by atoms with Gasteiger partial charge in [0, 0.05) is 24.0 Å². The van der Waals surface area contributed by atoms with Crippen LogP contribution in [0.5, 0.6) is 11.9 Å². The van der Waals surface area contributed by atoms with Gasteiger partial charge in [-0.1, -0.05) is 0 Å². The lowest BCUT2D eigenvalue weighted by molar-refractivity contribution is 0.101. The molecule has 3 heterocycles. The molecule has 3 rings (SSSR count). The molecular formula is C16H17N3O4. The number of aromatic nitrogens is 3. The maximum atomic E-state index is 12.8. The molecule has 0 saturated heterocycles. The molecule has 2 aromatic rings. The Hall–Kier alpha value is -2.70. The highest BCUT2D eigenvalue weighted by Crippen LogP contribution is 2.29. The summed E-state index contributed by atoms with van der Waals surface area (Å²) in [5.74, 6) is 0.173. The standard InChI is InChI=1S/C16H17N3O4/c1-9(20)10-7-11(15(21)19-6-4-5-13(10)19)12-8-17-16(23-3)18-14(12)22-2/h7-8H,4-6H2,1-3H3. The highest BCUT2D eigenvalue weighted by molar-refractivity contribution is 5.96. The average Bonchev–Trinajstić information content (AvgIpc) is 3.04. The Morgan fingerprint density at radius 2 is 2.04 bits per heavy atom. The molecule has 7 heteroatoms. The predicted molar refractivity (Wildman–Crippen MR) is 83.2 cm³/mol. The molecule has 0 aliphatic carbocycles. The molecule has 0 unspecified atom stereocenters. The number of methoxy groups -OCH3 is 2. The zero-order valence-corrected chi connectivity index (χ0v) is 13.3. The molecule has 0 bridgehead atoms. The van der Waals surface area contributed by atoms with Gasteiger partial charge in [0.25, 0.3) is 5.56 Å². The average molecular weight is 315 g/mol. The summed E-state index contributed by atoms with van der Waals surface area (Å²) in [4.78, 5) is 32.9. The van der Waals surface area contributed by atoms with E-state index in [1.165, 1.54) is 27.3 Å². The summed E-state index contributed by atoms with van der Waals surface area (Å²) in [7, 11) is 2.91. The first kappa shape index (κ1) is 15.2. The second-order valence-electron chi connectivity index (χ2n) is 5.31. The summed E-state index contributed by atoms with van der Waals surface area (Å²) in [5.41, 5.74) is 2.02. The van der Waals surface area contributed by atoms with Crippen molar-refractivity contribution in [1.82, 2.24) is 14.5 Å². The quantitative estimate of drug-likeness (QED) is 0.795. The summed E-state index contributed by atoms with van der Waals surface area (Å²) in [6.07, 6.45) is 3.07. The third-order valence-electron chi connectivity index (χ3n) is 3.97. The normalized spacial score (nSPS) is 12.8. The first-order chi connectivity index (χ1) is 11.1. The Morgan fingerprint density at radius 3 is 2.70 bits per heavy atom. The van der Waals surface area contributed by atoms with E-state index >= 15 is 0 Å². The number of fused-ring (bicyclic) bond motifs is 1. The molecule has 0 atom stereocenters. The van der Waals surface area contributed by atoms with Gasteiger partial charge in [-0.05, 0) is 25.8 Å². The largest absolute Gasteiger partial charge is 0.480 e. The Bertz CT molecular complexity index is 842. The van der Waals surface area contributed by atoms with Gasteiger partial charge in [0.1, 0.15) is 0 Å². The maximum absolute atomic E-state index is 12.8. The van der Waals surface area contributed by atoms with Crippen molar-refractivity contribution < 1.29 is 14.3 Å². The summed E-state index contributed by atoms with van der Waals surface area (Å²) < 4.78 is 11.9. The van der Waals surface area contributed by atoms with E-state index in [0.717, 1.165) is 18.5 Å². The smallest absolute Gasteiger partial charge is 0.319 e. The topological polar surface area (TPSA) is 83.3 Å². The number of carbonyl (C=O) groups is 1. The lowest BCUT2D eigenvalue weighted by Gasteiger charge is -2.13. The van der Waals surface area contributed by atoms with Crippen molar-refractivity contribution in [3.63, 3.8) is 0 Å². The van der Waals surface area contributed by atoms with Gasteiger partial charge in [0.2, 0.25) is 5.88 Å². The van der Waals surface area contributed by atoms with E-state index < -0.39 is 0 Å². The van der Waals surface area contributed by atoms with Crippen molar-refractivity contribution in [2.24, 2.45) is 0 Å². The maximum Gasteiger partial charge on any atom is 0.319 e. The van der Waals surface area contributed by atoms with Gasteiger partial charge in [0.15, 0.2) is 5.78 Å². The van der Waals surface area contributed by atoms with Crippen molar-refractivity contribution in [3.05, 3.63) is 33.9 Å². The van der Waals surface area contributed by atoms with Crippen molar-refractivity contribution in [2.75, 3.05) is 14.2 Å². The van der Waals surface area contributed by atoms with Gasteiger partial charge in [-0.15, -0.1) is 0 Å². The number of ether oxygens (including phenoxy) is 2. The second-order valence-corrected chi connectivity index (χ2v) is 5.31. The molecular weight excluding hydrogens is 298 g/mol. The van der Waals surface area contributed by atoms with E-state index in [4.69, 9.17) is 9.47 Å². The van der Waals surface area contributed by atoms with Crippen LogP contribution in [0.3, 0.4) is 0 Å². The molecule has 0 radical (unpaired) electrons. The zero-order chi connectivity index (χ0) is 16.6. The minimum absolute atomic E-state index is 0.0645. The summed E-state index contributed by atoms with van der Waals surface area (Å²) in [5, 5.41) is 0. The van der Waals surface area contributed by atoms with Gasteiger partial charge < -0.3 is 14.0 Å². The molecule has 0 saturated carbocycles. The fraction of sp³-hybridized carbons (Fsp3) is 0.375. The number of ketones is 1. The van der Waals surface area contributed by atoms with Crippen LogP contribution in [0.4, 0.5) is 0 Å². The van der Waals surface area contributed by atoms with Crippen LogP contribution >= 0.6 is 0 Å². The Labute approximate surface area is 132 Å². The molecule has 0 N–H and O–H groups in total. The lowest BCUT2D eigenvalue weighted by atomic mass is 10.0. The van der Waals surface area contributed by atoms with Crippen LogP contribution in [0.25, 0.3) is 11.1 Å². The van der Waals surface area contributed by atoms with E-state index in [1.54, 1.807) is 10.6 Å². The van der Waals surface area contributed by atoms with Crippen LogP contribution < -0.4 is 15.0 Å². The molecule has 2 aromatic heterocycles. The number of pyridine rings is 1. The fourth-order valence-corrected chi connectivity index (χ4v) is 2.90. The number of hydrogen-bond donors (Lipinski definition) is 0. The van der Waals surface area contributed by atoms with E-state index in [-0.39, 0.29) is 23.2 Å². The Morgan fingerprint density at radius 1 is 1.26 bits per heavy atom. The molecule has 0 aromatic carbocycles. The predicted octanol–water partition coefficient (Wildman–Crippen LogP) is 1.47. The number of Topliss-reactive ketones (excluding diaryl/α,β-unsaturated/α-hetero) is 1. The zero-order valence-electron chi connectivity index (χ0n) is 13.3. The molecule has 120 valence electrons. The Balaban J connectivity index is 2.27. The van der Waals surface area contributed by atoms with Crippen molar-refractivity contribution in [3.8, 4) is 23.0 Å². The summed E-state index contributed by atoms with van der Waals surface area (Å²) >= 11 is 0. The number of nitrogens with zero attached hydrogens (tertiary/aromatic N) is 3. The van der Waals surface area contributed by atoms with Crippen LogP contribution in [0.1, 0.15) is 29.4 Å². The molecule has 1 aliphatic rings. The van der Waals surface area contributed by atoms with E-state index in [0.29, 0.717) is 23.2 Å². The number of rotatable bonds is 4. The minimum atomic E-state index is -0.158. The third kappa shape index (κ3) is 2.48. The number of carbonyl (C=O) groups excluding carboxylic acids is 1. The molecule has 0 fully saturated rings. The van der Waals surface area contributed by atoms with Crippen molar-refractivity contribution >= 4 is 5.78 Å². The first-order valence-electron chi connectivity index (χ1n) is 7.30. The fourth-order valence-electron chi connectivity index (χ4n) is 2.90. The van der Waals surface area contributed by atoms with Crippen LogP contribution in [-0.4, -0.2) is 34.5 Å². The SMILES string of the molecule is COc1ncc(-c2cc(C(C)=O)c3n(c2=O)CCC3)c(OC)n1. The van der Waals surface area contributed by atoms with Gasteiger partial charge >= 0.3 is 6.01 Å². The third-order valence-corrected chi connectivity index (χ3v) is 3.97. The molecule has 23 heavy (non-hydrogen) atoms. The molecule has 1 aliphatic heterocycles. The van der Waals surface area contributed by atoms with Gasteiger partial charge in [0.05, 0.1) is 25.3 Å². The van der Waals surface area contributed by atoms with Gasteiger partial charge in [-0.25, -0.2) is 4.98 Å².